The highest BCUT2D eigenvalue weighted by Gasteiger charge is 2.13. The van der Waals surface area contributed by atoms with Crippen LogP contribution >= 0.6 is 11.8 Å². The minimum Gasteiger partial charge on any atom is -0.480 e. The van der Waals surface area contributed by atoms with Gasteiger partial charge >= 0.3 is 5.97 Å². The molecule has 0 saturated carbocycles. The highest BCUT2D eigenvalue weighted by Crippen LogP contribution is 2.27. The maximum Gasteiger partial charge on any atom is 0.321 e. The van der Waals surface area contributed by atoms with Crippen molar-refractivity contribution in [2.75, 3.05) is 5.75 Å². The zero-order valence-electron chi connectivity index (χ0n) is 9.78. The van der Waals surface area contributed by atoms with Crippen molar-refractivity contribution >= 4 is 17.7 Å². The molecule has 4 heteroatoms. The molecule has 0 fully saturated rings. The van der Waals surface area contributed by atoms with Crippen LogP contribution in [0.3, 0.4) is 0 Å². The molecule has 1 rings (SSSR count). The summed E-state index contributed by atoms with van der Waals surface area (Å²) in [7, 11) is 0. The number of benzene rings is 1. The lowest BCUT2D eigenvalue weighted by Crippen LogP contribution is -2.32. The van der Waals surface area contributed by atoms with Gasteiger partial charge in [0, 0.05) is 10.6 Å². The van der Waals surface area contributed by atoms with Crippen molar-refractivity contribution in [2.45, 2.75) is 31.7 Å². The molecule has 3 N–H and O–H groups in total. The number of carboxylic acid groups (broad SMARTS) is 1. The smallest absolute Gasteiger partial charge is 0.321 e. The molecule has 1 aromatic carbocycles. The topological polar surface area (TPSA) is 63.3 Å². The molecule has 0 aromatic heterocycles. The van der Waals surface area contributed by atoms with Gasteiger partial charge in [0.25, 0.3) is 0 Å². The van der Waals surface area contributed by atoms with Crippen molar-refractivity contribution in [3.63, 3.8) is 0 Å². The van der Waals surface area contributed by atoms with E-state index in [-0.39, 0.29) is 0 Å². The molecular formula is C12H17NO2S. The summed E-state index contributed by atoms with van der Waals surface area (Å²) in [6.07, 6.45) is 0. The van der Waals surface area contributed by atoms with Crippen molar-refractivity contribution in [1.82, 2.24) is 0 Å². The first kappa shape index (κ1) is 13.1. The summed E-state index contributed by atoms with van der Waals surface area (Å²) >= 11 is 1.51. The molecule has 1 aromatic rings. The fourth-order valence-corrected chi connectivity index (χ4v) is 2.70. The zero-order chi connectivity index (χ0) is 12.3. The van der Waals surface area contributed by atoms with Gasteiger partial charge in [-0.3, -0.25) is 4.79 Å². The van der Waals surface area contributed by atoms with E-state index in [2.05, 4.69) is 19.1 Å². The molecule has 0 amide bonds. The van der Waals surface area contributed by atoms with E-state index in [1.54, 1.807) is 0 Å². The van der Waals surface area contributed by atoms with Crippen LogP contribution in [-0.2, 0) is 4.79 Å². The van der Waals surface area contributed by atoms with Crippen LogP contribution in [0.15, 0.2) is 17.0 Å². The average Bonchev–Trinajstić information content (AvgIpc) is 2.15. The van der Waals surface area contributed by atoms with E-state index < -0.39 is 12.0 Å². The maximum absolute atomic E-state index is 10.6. The Hall–Kier alpha value is -1.00. The fourth-order valence-electron chi connectivity index (χ4n) is 1.64. The third-order valence-electron chi connectivity index (χ3n) is 2.33. The first-order valence-corrected chi connectivity index (χ1v) is 6.09. The molecule has 1 unspecified atom stereocenters. The predicted molar refractivity (Wildman–Crippen MR) is 67.0 cm³/mol. The number of hydrogen-bond acceptors (Lipinski definition) is 3. The molecule has 3 nitrogen and oxygen atoms in total. The van der Waals surface area contributed by atoms with Gasteiger partial charge in [0.2, 0.25) is 0 Å². The summed E-state index contributed by atoms with van der Waals surface area (Å²) in [5, 5.41) is 8.70. The van der Waals surface area contributed by atoms with Gasteiger partial charge in [-0.2, -0.15) is 0 Å². The Morgan fingerprint density at radius 2 is 1.88 bits per heavy atom. The normalized spacial score (nSPS) is 12.5. The van der Waals surface area contributed by atoms with Gasteiger partial charge in [-0.15, -0.1) is 11.8 Å². The van der Waals surface area contributed by atoms with Gasteiger partial charge in [-0.1, -0.05) is 17.7 Å². The highest BCUT2D eigenvalue weighted by molar-refractivity contribution is 7.99. The summed E-state index contributed by atoms with van der Waals surface area (Å²) in [6, 6.07) is 3.40. The van der Waals surface area contributed by atoms with E-state index in [0.29, 0.717) is 5.75 Å². The fraction of sp³-hybridized carbons (Fsp3) is 0.417. The summed E-state index contributed by atoms with van der Waals surface area (Å²) in [5.74, 6) is -0.546. The predicted octanol–water partition coefficient (Wildman–Crippen LogP) is 2.12. The molecule has 16 heavy (non-hydrogen) atoms. The summed E-state index contributed by atoms with van der Waals surface area (Å²) < 4.78 is 0. The Morgan fingerprint density at radius 3 is 2.31 bits per heavy atom. The molecule has 0 saturated heterocycles. The molecule has 0 spiro atoms. The minimum absolute atomic E-state index is 0.403. The second-order valence-corrected chi connectivity index (χ2v) is 5.01. The van der Waals surface area contributed by atoms with E-state index in [4.69, 9.17) is 10.8 Å². The molecule has 0 aliphatic heterocycles. The molecule has 0 heterocycles. The number of nitrogens with two attached hydrogens (primary N) is 1. The largest absolute Gasteiger partial charge is 0.480 e. The number of carbonyl (C=O) groups is 1. The average molecular weight is 239 g/mol. The van der Waals surface area contributed by atoms with Gasteiger partial charge in [-0.05, 0) is 31.9 Å². The maximum atomic E-state index is 10.6. The van der Waals surface area contributed by atoms with Gasteiger partial charge in [-0.25, -0.2) is 0 Å². The Kier molecular flexibility index (Phi) is 4.38. The first-order valence-electron chi connectivity index (χ1n) is 5.11. The Balaban J connectivity index is 2.78. The molecule has 0 radical (unpaired) electrons. The lowest BCUT2D eigenvalue weighted by molar-refractivity contribution is -0.137. The van der Waals surface area contributed by atoms with Gasteiger partial charge in [0.05, 0.1) is 0 Å². The summed E-state index contributed by atoms with van der Waals surface area (Å²) in [4.78, 5) is 11.7. The quantitative estimate of drug-likeness (QED) is 0.790. The molecule has 88 valence electrons. The number of aliphatic carboxylic acids is 1. The van der Waals surface area contributed by atoms with E-state index in [1.807, 2.05) is 13.8 Å². The molecular weight excluding hydrogens is 222 g/mol. The summed E-state index contributed by atoms with van der Waals surface area (Å²) in [5.41, 5.74) is 9.06. The minimum atomic E-state index is -0.949. The Bertz CT molecular complexity index is 381. The highest BCUT2D eigenvalue weighted by atomic mass is 32.2. The number of carboxylic acids is 1. The SMILES string of the molecule is Cc1cc(C)c(SCC(N)C(=O)O)c(C)c1. The van der Waals surface area contributed by atoms with Crippen molar-refractivity contribution in [3.05, 3.63) is 28.8 Å². The molecule has 0 aliphatic carbocycles. The van der Waals surface area contributed by atoms with Crippen LogP contribution in [0, 0.1) is 20.8 Å². The lowest BCUT2D eigenvalue weighted by Gasteiger charge is -2.12. The van der Waals surface area contributed by atoms with Crippen molar-refractivity contribution in [1.29, 1.82) is 0 Å². The van der Waals surface area contributed by atoms with Gasteiger partial charge in [0.1, 0.15) is 6.04 Å². The van der Waals surface area contributed by atoms with E-state index in [0.717, 1.165) is 4.90 Å². The Morgan fingerprint density at radius 1 is 1.38 bits per heavy atom. The Labute approximate surface area is 100 Å². The van der Waals surface area contributed by atoms with Crippen LogP contribution in [0.2, 0.25) is 0 Å². The summed E-state index contributed by atoms with van der Waals surface area (Å²) in [6.45, 7) is 6.13. The molecule has 1 atom stereocenters. The van der Waals surface area contributed by atoms with Crippen LogP contribution in [-0.4, -0.2) is 22.9 Å². The second kappa shape index (κ2) is 5.37. The second-order valence-electron chi connectivity index (χ2n) is 3.98. The van der Waals surface area contributed by atoms with Crippen molar-refractivity contribution in [2.24, 2.45) is 5.73 Å². The van der Waals surface area contributed by atoms with E-state index in [1.165, 1.54) is 28.5 Å². The van der Waals surface area contributed by atoms with Crippen molar-refractivity contribution in [3.8, 4) is 0 Å². The van der Waals surface area contributed by atoms with Gasteiger partial charge in [0.15, 0.2) is 0 Å². The van der Waals surface area contributed by atoms with E-state index in [9.17, 15) is 4.79 Å². The van der Waals surface area contributed by atoms with Crippen molar-refractivity contribution < 1.29 is 9.90 Å². The zero-order valence-corrected chi connectivity index (χ0v) is 10.6. The van der Waals surface area contributed by atoms with Gasteiger partial charge < -0.3 is 10.8 Å². The molecule has 0 bridgehead atoms. The number of thioether (sulfide) groups is 1. The van der Waals surface area contributed by atoms with Crippen LogP contribution in [0.25, 0.3) is 0 Å². The molecule has 0 aliphatic rings. The third-order valence-corrected chi connectivity index (χ3v) is 3.79. The number of rotatable bonds is 4. The van der Waals surface area contributed by atoms with Crippen LogP contribution in [0.1, 0.15) is 16.7 Å². The van der Waals surface area contributed by atoms with Crippen LogP contribution in [0.5, 0.6) is 0 Å². The third kappa shape index (κ3) is 3.25. The van der Waals surface area contributed by atoms with E-state index >= 15 is 0 Å². The number of hydrogen-bond donors (Lipinski definition) is 2. The lowest BCUT2D eigenvalue weighted by atomic mass is 10.1. The standard InChI is InChI=1S/C12H17NO2S/c1-7-4-8(2)11(9(3)5-7)16-6-10(13)12(14)15/h4-5,10H,6,13H2,1-3H3,(H,14,15). The monoisotopic (exact) mass is 239 g/mol. The first-order chi connectivity index (χ1) is 7.41. The van der Waals surface area contributed by atoms with Crippen LogP contribution < -0.4 is 5.73 Å². The number of aryl methyl sites for hydroxylation is 3. The van der Waals surface area contributed by atoms with Crippen LogP contribution in [0.4, 0.5) is 0 Å².